The Morgan fingerprint density at radius 3 is 2.48 bits per heavy atom. The van der Waals surface area contributed by atoms with Gasteiger partial charge in [0.05, 0.1) is 19.2 Å². The highest BCUT2D eigenvalue weighted by Gasteiger charge is 2.19. The fraction of sp³-hybridized carbons (Fsp3) is 0.286. The summed E-state index contributed by atoms with van der Waals surface area (Å²) < 4.78 is 23.6. The lowest BCUT2D eigenvalue weighted by Gasteiger charge is -2.17. The molecule has 0 aliphatic carbocycles. The molecule has 0 aliphatic heterocycles. The molecule has 0 unspecified atom stereocenters. The minimum Gasteiger partial charge on any atom is -0.497 e. The molecule has 0 spiro atoms. The number of benzene rings is 2. The lowest BCUT2D eigenvalue weighted by atomic mass is 10.1. The van der Waals surface area contributed by atoms with E-state index in [1.54, 1.807) is 0 Å². The fourth-order valence-electron chi connectivity index (χ4n) is 2.47. The average molecular weight is 402 g/mol. The highest BCUT2D eigenvalue weighted by Crippen LogP contribution is 2.17. The molecule has 8 heteroatoms. The second-order valence-electron chi connectivity index (χ2n) is 6.54. The standard InChI is InChI=1S/C21H23FN2O5/c1-13-5-6-14(2)18(9-13)23-19(25)11-24(3)20(26)12-29-21(27)16-8-7-15(28-4)10-17(16)22/h5-10H,11-12H2,1-4H3,(H,23,25). The summed E-state index contributed by atoms with van der Waals surface area (Å²) in [7, 11) is 2.78. The molecule has 0 heterocycles. The van der Waals surface area contributed by atoms with Gasteiger partial charge in [-0.15, -0.1) is 0 Å². The fourth-order valence-corrected chi connectivity index (χ4v) is 2.47. The zero-order chi connectivity index (χ0) is 21.6. The second-order valence-corrected chi connectivity index (χ2v) is 6.54. The van der Waals surface area contributed by atoms with Crippen LogP contribution in [0.25, 0.3) is 0 Å². The van der Waals surface area contributed by atoms with Gasteiger partial charge in [-0.2, -0.15) is 0 Å². The van der Waals surface area contributed by atoms with Crippen molar-refractivity contribution >= 4 is 23.5 Å². The number of hydrogen-bond donors (Lipinski definition) is 1. The molecular formula is C21H23FN2O5. The van der Waals surface area contributed by atoms with Crippen molar-refractivity contribution in [3.63, 3.8) is 0 Å². The predicted molar refractivity (Wildman–Crippen MR) is 105 cm³/mol. The third-order valence-corrected chi connectivity index (χ3v) is 4.20. The zero-order valence-electron chi connectivity index (χ0n) is 16.7. The zero-order valence-corrected chi connectivity index (χ0v) is 16.7. The Hall–Kier alpha value is -3.42. The van der Waals surface area contributed by atoms with Crippen LogP contribution in [0, 0.1) is 19.7 Å². The van der Waals surface area contributed by atoms with Crippen LogP contribution >= 0.6 is 0 Å². The molecule has 0 saturated carbocycles. The van der Waals surface area contributed by atoms with Gasteiger partial charge in [0.25, 0.3) is 5.91 Å². The van der Waals surface area contributed by atoms with Gasteiger partial charge < -0.3 is 19.7 Å². The van der Waals surface area contributed by atoms with E-state index in [-0.39, 0.29) is 23.8 Å². The van der Waals surface area contributed by atoms with E-state index >= 15 is 0 Å². The molecule has 2 amide bonds. The minimum atomic E-state index is -0.980. The van der Waals surface area contributed by atoms with Crippen molar-refractivity contribution in [3.05, 3.63) is 58.9 Å². The second kappa shape index (κ2) is 9.68. The Morgan fingerprint density at radius 2 is 1.83 bits per heavy atom. The van der Waals surface area contributed by atoms with Crippen LogP contribution in [0.1, 0.15) is 21.5 Å². The molecule has 0 fully saturated rings. The molecule has 0 bridgehead atoms. The van der Waals surface area contributed by atoms with Crippen LogP contribution in [-0.4, -0.2) is 50.0 Å². The molecule has 154 valence electrons. The molecule has 0 aliphatic rings. The number of esters is 1. The Balaban J connectivity index is 1.87. The van der Waals surface area contributed by atoms with Gasteiger partial charge >= 0.3 is 5.97 Å². The minimum absolute atomic E-state index is 0.222. The number of anilines is 1. The van der Waals surface area contributed by atoms with Gasteiger partial charge in [0, 0.05) is 18.8 Å². The van der Waals surface area contributed by atoms with E-state index in [4.69, 9.17) is 9.47 Å². The number of hydrogen-bond acceptors (Lipinski definition) is 5. The molecule has 29 heavy (non-hydrogen) atoms. The van der Waals surface area contributed by atoms with E-state index < -0.39 is 24.3 Å². The summed E-state index contributed by atoms with van der Waals surface area (Å²) in [4.78, 5) is 37.4. The van der Waals surface area contributed by atoms with Crippen molar-refractivity contribution in [2.75, 3.05) is 32.6 Å². The number of nitrogens with one attached hydrogen (secondary N) is 1. The predicted octanol–water partition coefficient (Wildman–Crippen LogP) is 2.71. The summed E-state index contributed by atoms with van der Waals surface area (Å²) >= 11 is 0. The van der Waals surface area contributed by atoms with E-state index in [0.29, 0.717) is 5.69 Å². The first kappa shape index (κ1) is 21.9. The van der Waals surface area contributed by atoms with Gasteiger partial charge in [0.15, 0.2) is 6.61 Å². The van der Waals surface area contributed by atoms with E-state index in [9.17, 15) is 18.8 Å². The number of methoxy groups -OCH3 is 1. The Kier molecular flexibility index (Phi) is 7.30. The number of carbonyl (C=O) groups is 3. The van der Waals surface area contributed by atoms with Crippen molar-refractivity contribution in [1.82, 2.24) is 4.90 Å². The molecule has 0 radical (unpaired) electrons. The number of halogens is 1. The Bertz CT molecular complexity index is 929. The summed E-state index contributed by atoms with van der Waals surface area (Å²) in [5.74, 6) is -2.52. The maximum Gasteiger partial charge on any atom is 0.341 e. The summed E-state index contributed by atoms with van der Waals surface area (Å²) in [5.41, 5.74) is 2.24. The number of ether oxygens (including phenoxy) is 2. The summed E-state index contributed by atoms with van der Waals surface area (Å²) in [6.45, 7) is 2.94. The van der Waals surface area contributed by atoms with Crippen LogP contribution in [0.2, 0.25) is 0 Å². The van der Waals surface area contributed by atoms with Gasteiger partial charge in [-0.3, -0.25) is 9.59 Å². The molecular weight excluding hydrogens is 379 g/mol. The Labute approximate surface area is 168 Å². The normalized spacial score (nSPS) is 10.2. The van der Waals surface area contributed by atoms with Crippen molar-refractivity contribution in [2.24, 2.45) is 0 Å². The van der Waals surface area contributed by atoms with Crippen LogP contribution in [0.3, 0.4) is 0 Å². The number of carbonyl (C=O) groups excluding carboxylic acids is 3. The van der Waals surface area contributed by atoms with Gasteiger partial charge in [-0.25, -0.2) is 9.18 Å². The van der Waals surface area contributed by atoms with E-state index in [0.717, 1.165) is 22.1 Å². The topological polar surface area (TPSA) is 84.9 Å². The first-order chi connectivity index (χ1) is 13.7. The van der Waals surface area contributed by atoms with Crippen LogP contribution in [-0.2, 0) is 14.3 Å². The monoisotopic (exact) mass is 402 g/mol. The van der Waals surface area contributed by atoms with Crippen LogP contribution < -0.4 is 10.1 Å². The average Bonchev–Trinajstić information content (AvgIpc) is 2.68. The van der Waals surface area contributed by atoms with Crippen LogP contribution in [0.4, 0.5) is 10.1 Å². The van der Waals surface area contributed by atoms with Crippen molar-refractivity contribution in [2.45, 2.75) is 13.8 Å². The molecule has 0 saturated heterocycles. The highest BCUT2D eigenvalue weighted by atomic mass is 19.1. The van der Waals surface area contributed by atoms with E-state index in [2.05, 4.69) is 5.32 Å². The molecule has 0 atom stereocenters. The number of aryl methyl sites for hydroxylation is 2. The number of nitrogens with zero attached hydrogens (tertiary/aromatic N) is 1. The van der Waals surface area contributed by atoms with Crippen LogP contribution in [0.5, 0.6) is 5.75 Å². The summed E-state index contributed by atoms with van der Waals surface area (Å²) in [5, 5.41) is 2.74. The lowest BCUT2D eigenvalue weighted by Crippen LogP contribution is -2.37. The third kappa shape index (κ3) is 6.03. The first-order valence-corrected chi connectivity index (χ1v) is 8.83. The number of rotatable bonds is 7. The van der Waals surface area contributed by atoms with Gasteiger partial charge in [-0.1, -0.05) is 12.1 Å². The van der Waals surface area contributed by atoms with Gasteiger partial charge in [-0.05, 0) is 43.2 Å². The van der Waals surface area contributed by atoms with E-state index in [1.165, 1.54) is 26.3 Å². The summed E-state index contributed by atoms with van der Waals surface area (Å²) in [6, 6.07) is 9.31. The Morgan fingerprint density at radius 1 is 1.10 bits per heavy atom. The largest absolute Gasteiger partial charge is 0.497 e. The molecule has 7 nitrogen and oxygen atoms in total. The number of amides is 2. The molecule has 0 aromatic heterocycles. The van der Waals surface area contributed by atoms with Crippen LogP contribution in [0.15, 0.2) is 36.4 Å². The maximum atomic E-state index is 13.9. The third-order valence-electron chi connectivity index (χ3n) is 4.20. The van der Waals surface area contributed by atoms with Crippen molar-refractivity contribution < 1.29 is 28.2 Å². The number of likely N-dealkylation sites (N-methyl/N-ethyl adjacent to an activating group) is 1. The lowest BCUT2D eigenvalue weighted by molar-refractivity contribution is -0.136. The summed E-state index contributed by atoms with van der Waals surface area (Å²) in [6.07, 6.45) is 0. The molecule has 1 N–H and O–H groups in total. The maximum absolute atomic E-state index is 13.9. The van der Waals surface area contributed by atoms with Gasteiger partial charge in [0.1, 0.15) is 11.6 Å². The smallest absolute Gasteiger partial charge is 0.341 e. The molecule has 2 aromatic carbocycles. The van der Waals surface area contributed by atoms with E-state index in [1.807, 2.05) is 32.0 Å². The van der Waals surface area contributed by atoms with Crippen molar-refractivity contribution in [3.8, 4) is 5.75 Å². The first-order valence-electron chi connectivity index (χ1n) is 8.83. The quantitative estimate of drug-likeness (QED) is 0.720. The molecule has 2 aromatic rings. The molecule has 2 rings (SSSR count). The van der Waals surface area contributed by atoms with Crippen molar-refractivity contribution in [1.29, 1.82) is 0 Å². The highest BCUT2D eigenvalue weighted by molar-refractivity contribution is 5.96. The SMILES string of the molecule is COc1ccc(C(=O)OCC(=O)N(C)CC(=O)Nc2cc(C)ccc2C)c(F)c1. The van der Waals surface area contributed by atoms with Gasteiger partial charge in [0.2, 0.25) is 5.91 Å².